The maximum absolute atomic E-state index is 12.2. The molecule has 1 atom stereocenters. The maximum atomic E-state index is 12.2. The van der Waals surface area contributed by atoms with E-state index in [1.165, 1.54) is 19.2 Å². The summed E-state index contributed by atoms with van der Waals surface area (Å²) < 4.78 is 4.83. The molecule has 0 bridgehead atoms. The predicted molar refractivity (Wildman–Crippen MR) is 142 cm³/mol. The molecule has 0 spiro atoms. The fourth-order valence-corrected chi connectivity index (χ4v) is 3.57. The lowest BCUT2D eigenvalue weighted by Crippen LogP contribution is -2.26. The number of aliphatic hydroxyl groups excluding tert-OH is 1. The van der Waals surface area contributed by atoms with Gasteiger partial charge in [-0.15, -0.1) is 24.8 Å². The molecule has 0 saturated heterocycles. The molecular weight excluding hydrogens is 515 g/mol. The Morgan fingerprint density at radius 2 is 1.74 bits per heavy atom. The van der Waals surface area contributed by atoms with Crippen molar-refractivity contribution in [3.8, 4) is 11.1 Å². The summed E-state index contributed by atoms with van der Waals surface area (Å²) >= 11 is 5.96. The van der Waals surface area contributed by atoms with Crippen molar-refractivity contribution in [2.24, 2.45) is 0 Å². The summed E-state index contributed by atoms with van der Waals surface area (Å²) in [6.45, 7) is 1.61. The number of aromatic carboxylic acids is 1. The van der Waals surface area contributed by atoms with Crippen molar-refractivity contribution in [1.29, 1.82) is 0 Å². The van der Waals surface area contributed by atoms with E-state index >= 15 is 0 Å². The number of hydrogen-bond acceptors (Lipinski definition) is 6. The van der Waals surface area contributed by atoms with Crippen molar-refractivity contribution < 1.29 is 24.5 Å². The second kappa shape index (κ2) is 14.6. The number of anilines is 1. The Bertz CT molecular complexity index is 1140. The van der Waals surface area contributed by atoms with Crippen molar-refractivity contribution >= 4 is 54.0 Å². The smallest absolute Gasteiger partial charge is 0.338 e. The molecule has 0 heterocycles. The molecule has 0 aliphatic heterocycles. The third-order valence-electron chi connectivity index (χ3n) is 5.05. The summed E-state index contributed by atoms with van der Waals surface area (Å²) in [7, 11) is 1.26. The van der Waals surface area contributed by atoms with Crippen molar-refractivity contribution in [1.82, 2.24) is 5.32 Å². The van der Waals surface area contributed by atoms with Crippen LogP contribution in [0.3, 0.4) is 0 Å². The monoisotopic (exact) mass is 540 g/mol. The molecule has 4 N–H and O–H groups in total. The minimum absolute atomic E-state index is 0. The number of benzene rings is 3. The van der Waals surface area contributed by atoms with Gasteiger partial charge in [0.2, 0.25) is 0 Å². The average molecular weight is 542 g/mol. The van der Waals surface area contributed by atoms with Crippen LogP contribution >= 0.6 is 36.4 Å². The van der Waals surface area contributed by atoms with Gasteiger partial charge in [0.25, 0.3) is 0 Å². The van der Waals surface area contributed by atoms with E-state index in [0.717, 1.165) is 16.8 Å². The summed E-state index contributed by atoms with van der Waals surface area (Å²) in [5.74, 6) is -1.72. The van der Waals surface area contributed by atoms with E-state index in [2.05, 4.69) is 10.6 Å². The van der Waals surface area contributed by atoms with Gasteiger partial charge in [-0.1, -0.05) is 41.9 Å². The van der Waals surface area contributed by atoms with Gasteiger partial charge in [0.1, 0.15) is 0 Å². The first-order valence-corrected chi connectivity index (χ1v) is 10.7. The molecule has 10 heteroatoms. The lowest BCUT2D eigenvalue weighted by atomic mass is 9.97. The summed E-state index contributed by atoms with van der Waals surface area (Å²) in [4.78, 5) is 23.5. The first kappa shape index (κ1) is 30.2. The van der Waals surface area contributed by atoms with Gasteiger partial charge in [-0.25, -0.2) is 9.59 Å². The van der Waals surface area contributed by atoms with E-state index in [9.17, 15) is 19.8 Å². The number of carbonyl (C=O) groups is 2. The van der Waals surface area contributed by atoms with Crippen LogP contribution in [0.15, 0.2) is 66.7 Å². The standard InChI is InChI=1S/C25H25ClN2O5.2ClH/c1-33-25(32)22-14-18(24(30)31)8-9-21(22)16-4-3-7-20(13-16)28-11-10-27-15-23(29)17-5-2-6-19(26)12-17;;/h2-9,12-14,23,27-29H,10-11,15H2,1H3,(H,30,31);2*1H. The average Bonchev–Trinajstić information content (AvgIpc) is 2.83. The lowest BCUT2D eigenvalue weighted by molar-refractivity contribution is 0.0601. The third-order valence-corrected chi connectivity index (χ3v) is 5.28. The SMILES string of the molecule is COC(=O)c1cc(C(=O)O)ccc1-c1cccc(NCCNCC(O)c2cccc(Cl)c2)c1.Cl.Cl. The van der Waals surface area contributed by atoms with Gasteiger partial charge >= 0.3 is 11.9 Å². The number of nitrogens with one attached hydrogen (secondary N) is 2. The quantitative estimate of drug-likeness (QED) is 0.210. The molecule has 1 unspecified atom stereocenters. The molecule has 188 valence electrons. The largest absolute Gasteiger partial charge is 0.478 e. The number of hydrogen-bond donors (Lipinski definition) is 4. The Morgan fingerprint density at radius 1 is 1.00 bits per heavy atom. The van der Waals surface area contributed by atoms with Crippen LogP contribution in [0.25, 0.3) is 11.1 Å². The first-order chi connectivity index (χ1) is 15.9. The van der Waals surface area contributed by atoms with E-state index in [1.54, 1.807) is 24.3 Å². The van der Waals surface area contributed by atoms with Crippen LogP contribution in [0.2, 0.25) is 5.02 Å². The van der Waals surface area contributed by atoms with Crippen LogP contribution in [0.4, 0.5) is 5.69 Å². The van der Waals surface area contributed by atoms with Gasteiger partial charge in [-0.2, -0.15) is 0 Å². The van der Waals surface area contributed by atoms with Crippen molar-refractivity contribution in [3.05, 3.63) is 88.4 Å². The summed E-state index contributed by atoms with van der Waals surface area (Å²) in [5.41, 5.74) is 3.12. The number of ether oxygens (including phenoxy) is 1. The molecule has 3 aromatic carbocycles. The van der Waals surface area contributed by atoms with E-state index in [4.69, 9.17) is 16.3 Å². The Morgan fingerprint density at radius 3 is 2.43 bits per heavy atom. The first-order valence-electron chi connectivity index (χ1n) is 10.3. The number of aliphatic hydroxyl groups is 1. The van der Waals surface area contributed by atoms with Gasteiger partial charge in [-0.05, 0) is 53.1 Å². The fraction of sp³-hybridized carbons (Fsp3) is 0.200. The minimum Gasteiger partial charge on any atom is -0.478 e. The molecular formula is C25H27Cl3N2O5. The van der Waals surface area contributed by atoms with Crippen LogP contribution in [-0.4, -0.2) is 48.9 Å². The van der Waals surface area contributed by atoms with Gasteiger partial charge < -0.3 is 25.6 Å². The molecule has 0 aliphatic carbocycles. The Kier molecular flexibility index (Phi) is 12.6. The van der Waals surface area contributed by atoms with Gasteiger partial charge in [0.15, 0.2) is 0 Å². The highest BCUT2D eigenvalue weighted by Crippen LogP contribution is 2.28. The van der Waals surface area contributed by atoms with Gasteiger partial charge in [0.05, 0.1) is 24.3 Å². The van der Waals surface area contributed by atoms with Crippen LogP contribution in [-0.2, 0) is 4.74 Å². The summed E-state index contributed by atoms with van der Waals surface area (Å²) in [6.07, 6.45) is -0.655. The topological polar surface area (TPSA) is 108 Å². The zero-order valence-corrected chi connectivity index (χ0v) is 21.3. The Hall–Kier alpha value is -2.81. The Labute approximate surface area is 221 Å². The molecule has 0 saturated carbocycles. The van der Waals surface area contributed by atoms with Crippen molar-refractivity contribution in [2.45, 2.75) is 6.10 Å². The number of carboxylic acids is 1. The van der Waals surface area contributed by atoms with Crippen molar-refractivity contribution in [2.75, 3.05) is 32.1 Å². The summed E-state index contributed by atoms with van der Waals surface area (Å²) in [5, 5.41) is 26.6. The van der Waals surface area contributed by atoms with Gasteiger partial charge in [0, 0.05) is 30.3 Å². The highest BCUT2D eigenvalue weighted by atomic mass is 35.5. The fourth-order valence-electron chi connectivity index (χ4n) is 3.37. The third kappa shape index (κ3) is 8.42. The molecule has 0 radical (unpaired) electrons. The number of carboxylic acid groups (broad SMARTS) is 1. The second-order valence-electron chi connectivity index (χ2n) is 7.34. The van der Waals surface area contributed by atoms with E-state index in [1.807, 2.05) is 30.3 Å². The number of carbonyl (C=O) groups excluding carboxylic acids is 1. The molecule has 35 heavy (non-hydrogen) atoms. The summed E-state index contributed by atoms with van der Waals surface area (Å²) in [6, 6.07) is 19.0. The molecule has 0 aliphatic rings. The van der Waals surface area contributed by atoms with Gasteiger partial charge in [-0.3, -0.25) is 0 Å². The van der Waals surface area contributed by atoms with E-state index in [-0.39, 0.29) is 35.9 Å². The number of rotatable bonds is 10. The lowest BCUT2D eigenvalue weighted by Gasteiger charge is -2.14. The Balaban J connectivity index is 0.00000306. The zero-order chi connectivity index (χ0) is 23.8. The number of methoxy groups -OCH3 is 1. The highest BCUT2D eigenvalue weighted by molar-refractivity contribution is 6.30. The van der Waals surface area contributed by atoms with Crippen LogP contribution in [0, 0.1) is 0 Å². The maximum Gasteiger partial charge on any atom is 0.338 e. The zero-order valence-electron chi connectivity index (χ0n) is 18.9. The van der Waals surface area contributed by atoms with E-state index in [0.29, 0.717) is 30.2 Å². The van der Waals surface area contributed by atoms with E-state index < -0.39 is 18.0 Å². The second-order valence-corrected chi connectivity index (χ2v) is 7.78. The van der Waals surface area contributed by atoms with Crippen LogP contribution in [0.1, 0.15) is 32.4 Å². The molecule has 7 nitrogen and oxygen atoms in total. The molecule has 0 fully saturated rings. The van der Waals surface area contributed by atoms with Crippen LogP contribution in [0.5, 0.6) is 0 Å². The minimum atomic E-state index is -1.12. The molecule has 0 amide bonds. The number of halogens is 3. The number of esters is 1. The van der Waals surface area contributed by atoms with Crippen molar-refractivity contribution in [3.63, 3.8) is 0 Å². The normalized spacial score (nSPS) is 10.9. The molecule has 3 rings (SSSR count). The van der Waals surface area contributed by atoms with Crippen LogP contribution < -0.4 is 10.6 Å². The molecule has 3 aromatic rings. The molecule has 0 aromatic heterocycles. The highest BCUT2D eigenvalue weighted by Gasteiger charge is 2.17. The predicted octanol–water partition coefficient (Wildman–Crippen LogP) is 5.07.